The van der Waals surface area contributed by atoms with Gasteiger partial charge in [0, 0.05) is 13.7 Å². The van der Waals surface area contributed by atoms with Gasteiger partial charge in [-0.2, -0.15) is 0 Å². The van der Waals surface area contributed by atoms with Crippen molar-refractivity contribution in [2.75, 3.05) is 26.9 Å². The molecule has 3 heteroatoms. The van der Waals surface area contributed by atoms with Crippen LogP contribution in [0.25, 0.3) is 0 Å². The fourth-order valence-electron chi connectivity index (χ4n) is 1.79. The van der Waals surface area contributed by atoms with E-state index in [1.165, 1.54) is 5.56 Å². The number of benzene rings is 1. The van der Waals surface area contributed by atoms with Crippen molar-refractivity contribution < 1.29 is 9.47 Å². The van der Waals surface area contributed by atoms with Crippen LogP contribution in [0.3, 0.4) is 0 Å². The lowest BCUT2D eigenvalue weighted by Gasteiger charge is -2.18. The van der Waals surface area contributed by atoms with E-state index in [1.54, 1.807) is 7.11 Å². The molecule has 0 radical (unpaired) electrons. The fraction of sp³-hybridized carbons (Fsp3) is 0.600. The summed E-state index contributed by atoms with van der Waals surface area (Å²) in [7, 11) is 1.74. The molecule has 0 aromatic heterocycles. The topological polar surface area (TPSA) is 30.5 Å². The zero-order valence-corrected chi connectivity index (χ0v) is 11.7. The summed E-state index contributed by atoms with van der Waals surface area (Å²) in [5.41, 5.74) is 1.27. The third-order valence-corrected chi connectivity index (χ3v) is 2.70. The van der Waals surface area contributed by atoms with Crippen molar-refractivity contribution in [2.45, 2.75) is 32.4 Å². The predicted octanol–water partition coefficient (Wildman–Crippen LogP) is 2.78. The molecule has 1 rings (SSSR count). The molecule has 1 N–H and O–H groups in total. The first kappa shape index (κ1) is 15.2. The lowest BCUT2D eigenvalue weighted by molar-refractivity contribution is 0.0758. The van der Waals surface area contributed by atoms with E-state index in [4.69, 9.17) is 9.47 Å². The van der Waals surface area contributed by atoms with E-state index in [9.17, 15) is 0 Å². The summed E-state index contributed by atoms with van der Waals surface area (Å²) >= 11 is 0. The Balaban J connectivity index is 2.31. The molecule has 0 spiro atoms. The molecule has 0 heterocycles. The average Bonchev–Trinajstić information content (AvgIpc) is 2.38. The van der Waals surface area contributed by atoms with Crippen LogP contribution in [0.5, 0.6) is 0 Å². The minimum Gasteiger partial charge on any atom is -0.383 e. The van der Waals surface area contributed by atoms with Gasteiger partial charge < -0.3 is 14.8 Å². The molecule has 0 aliphatic heterocycles. The normalized spacial score (nSPS) is 12.9. The second kappa shape index (κ2) is 9.09. The van der Waals surface area contributed by atoms with E-state index in [1.807, 2.05) is 6.07 Å². The number of hydrogen-bond acceptors (Lipinski definition) is 3. The largest absolute Gasteiger partial charge is 0.383 e. The molecule has 0 fully saturated rings. The summed E-state index contributed by atoms with van der Waals surface area (Å²) in [6.07, 6.45) is 1.33. The summed E-state index contributed by atoms with van der Waals surface area (Å²) in [5, 5.41) is 3.51. The monoisotopic (exact) mass is 251 g/mol. The first-order valence-corrected chi connectivity index (χ1v) is 6.63. The molecule has 1 aromatic rings. The first-order valence-electron chi connectivity index (χ1n) is 6.63. The molecule has 0 saturated heterocycles. The molecule has 102 valence electrons. The molecular formula is C15H25NO2. The van der Waals surface area contributed by atoms with Gasteiger partial charge in [0.15, 0.2) is 0 Å². The van der Waals surface area contributed by atoms with Gasteiger partial charge in [0.2, 0.25) is 0 Å². The maximum Gasteiger partial charge on any atom is 0.0657 e. The van der Waals surface area contributed by atoms with E-state index >= 15 is 0 Å². The zero-order chi connectivity index (χ0) is 13.2. The standard InChI is InChI=1S/C15H25NO2/c1-13(2)18-11-7-10-16-15(12-17-3)14-8-5-4-6-9-14/h4-6,8-9,13,15-16H,7,10-12H2,1-3H3. The average molecular weight is 251 g/mol. The molecule has 3 nitrogen and oxygen atoms in total. The molecule has 1 atom stereocenters. The summed E-state index contributed by atoms with van der Waals surface area (Å²) in [6, 6.07) is 10.7. The van der Waals surface area contributed by atoms with Crippen molar-refractivity contribution in [3.05, 3.63) is 35.9 Å². The van der Waals surface area contributed by atoms with Crippen molar-refractivity contribution in [1.82, 2.24) is 5.32 Å². The Labute approximate surface area is 110 Å². The number of rotatable bonds is 9. The molecule has 0 aliphatic rings. The van der Waals surface area contributed by atoms with Crippen molar-refractivity contribution >= 4 is 0 Å². The highest BCUT2D eigenvalue weighted by Gasteiger charge is 2.09. The van der Waals surface area contributed by atoms with E-state index in [0.717, 1.165) is 19.6 Å². The van der Waals surface area contributed by atoms with E-state index in [0.29, 0.717) is 12.7 Å². The van der Waals surface area contributed by atoms with Crippen molar-refractivity contribution in [3.63, 3.8) is 0 Å². The minimum absolute atomic E-state index is 0.259. The predicted molar refractivity (Wildman–Crippen MR) is 74.8 cm³/mol. The van der Waals surface area contributed by atoms with Gasteiger partial charge in [0.25, 0.3) is 0 Å². The number of hydrogen-bond donors (Lipinski definition) is 1. The molecular weight excluding hydrogens is 226 g/mol. The van der Waals surface area contributed by atoms with Crippen molar-refractivity contribution in [1.29, 1.82) is 0 Å². The highest BCUT2D eigenvalue weighted by molar-refractivity contribution is 5.18. The second-order valence-electron chi connectivity index (χ2n) is 4.65. The van der Waals surface area contributed by atoms with Gasteiger partial charge in [0.05, 0.1) is 18.8 Å². The van der Waals surface area contributed by atoms with Crippen LogP contribution in [0.2, 0.25) is 0 Å². The molecule has 1 aromatic carbocycles. The minimum atomic E-state index is 0.259. The maximum atomic E-state index is 5.52. The quantitative estimate of drug-likeness (QED) is 0.685. The molecule has 0 saturated carbocycles. The summed E-state index contributed by atoms with van der Waals surface area (Å²) < 4.78 is 10.8. The van der Waals surface area contributed by atoms with Crippen LogP contribution in [0.15, 0.2) is 30.3 Å². The van der Waals surface area contributed by atoms with Crippen LogP contribution >= 0.6 is 0 Å². The Morgan fingerprint density at radius 2 is 1.89 bits per heavy atom. The van der Waals surface area contributed by atoms with Gasteiger partial charge in [0.1, 0.15) is 0 Å². The number of methoxy groups -OCH3 is 1. The Morgan fingerprint density at radius 1 is 1.17 bits per heavy atom. The van der Waals surface area contributed by atoms with Gasteiger partial charge >= 0.3 is 0 Å². The highest BCUT2D eigenvalue weighted by Crippen LogP contribution is 2.12. The number of nitrogens with one attached hydrogen (secondary N) is 1. The van der Waals surface area contributed by atoms with Crippen molar-refractivity contribution in [3.8, 4) is 0 Å². The molecule has 18 heavy (non-hydrogen) atoms. The van der Waals surface area contributed by atoms with Crippen LogP contribution in [0, 0.1) is 0 Å². The van der Waals surface area contributed by atoms with Crippen LogP contribution < -0.4 is 5.32 Å². The van der Waals surface area contributed by atoms with Crippen LogP contribution in [0.4, 0.5) is 0 Å². The first-order chi connectivity index (χ1) is 8.74. The van der Waals surface area contributed by atoms with Crippen molar-refractivity contribution in [2.24, 2.45) is 0 Å². The maximum absolute atomic E-state index is 5.52. The third kappa shape index (κ3) is 6.15. The van der Waals surface area contributed by atoms with E-state index in [-0.39, 0.29) is 6.04 Å². The van der Waals surface area contributed by atoms with Crippen LogP contribution in [0.1, 0.15) is 31.9 Å². The summed E-state index contributed by atoms with van der Waals surface area (Å²) in [6.45, 7) is 6.56. The molecule has 1 unspecified atom stereocenters. The van der Waals surface area contributed by atoms with E-state index < -0.39 is 0 Å². The van der Waals surface area contributed by atoms with Crippen LogP contribution in [-0.4, -0.2) is 33.0 Å². The Hall–Kier alpha value is -0.900. The molecule has 0 aliphatic carbocycles. The molecule has 0 amide bonds. The second-order valence-corrected chi connectivity index (χ2v) is 4.65. The van der Waals surface area contributed by atoms with Gasteiger partial charge in [-0.3, -0.25) is 0 Å². The highest BCUT2D eigenvalue weighted by atomic mass is 16.5. The fourth-order valence-corrected chi connectivity index (χ4v) is 1.79. The van der Waals surface area contributed by atoms with E-state index in [2.05, 4.69) is 43.4 Å². The van der Waals surface area contributed by atoms with Gasteiger partial charge in [-0.25, -0.2) is 0 Å². The van der Waals surface area contributed by atoms with Gasteiger partial charge in [-0.1, -0.05) is 30.3 Å². The Kier molecular flexibility index (Phi) is 7.65. The molecule has 0 bridgehead atoms. The SMILES string of the molecule is COCC(NCCCOC(C)C)c1ccccc1. The third-order valence-electron chi connectivity index (χ3n) is 2.70. The Bertz CT molecular complexity index is 301. The number of ether oxygens (including phenoxy) is 2. The summed E-state index contributed by atoms with van der Waals surface area (Å²) in [4.78, 5) is 0. The van der Waals surface area contributed by atoms with Gasteiger partial charge in [-0.15, -0.1) is 0 Å². The lowest BCUT2D eigenvalue weighted by atomic mass is 10.1. The zero-order valence-electron chi connectivity index (χ0n) is 11.7. The smallest absolute Gasteiger partial charge is 0.0657 e. The summed E-state index contributed by atoms with van der Waals surface area (Å²) in [5.74, 6) is 0. The Morgan fingerprint density at radius 3 is 2.50 bits per heavy atom. The van der Waals surface area contributed by atoms with Gasteiger partial charge in [-0.05, 0) is 32.4 Å². The van der Waals surface area contributed by atoms with Crippen LogP contribution in [-0.2, 0) is 9.47 Å². The lowest BCUT2D eigenvalue weighted by Crippen LogP contribution is -2.27.